The lowest BCUT2D eigenvalue weighted by atomic mass is 10.6. The first kappa shape index (κ1) is 4.97. The van der Waals surface area contributed by atoms with Crippen LogP contribution in [0.15, 0.2) is 4.99 Å². The smallest absolute Gasteiger partial charge is 0.104 e. The largest absolute Gasteiger partial charge is 0.387 e. The van der Waals surface area contributed by atoms with Gasteiger partial charge in [0.1, 0.15) is 5.84 Å². The van der Waals surface area contributed by atoms with E-state index in [2.05, 4.69) is 4.99 Å². The van der Waals surface area contributed by atoms with E-state index in [0.29, 0.717) is 0 Å². The van der Waals surface area contributed by atoms with Gasteiger partial charge in [-0.25, -0.2) is 0 Å². The molecule has 0 aromatic carbocycles. The Labute approximate surface area is 47.2 Å². The van der Waals surface area contributed by atoms with Crippen LogP contribution in [-0.2, 0) is 0 Å². The number of amidine groups is 1. The average Bonchev–Trinajstić information content (AvgIpc) is 1.69. The molecular formula is C4H8N2S. The van der Waals surface area contributed by atoms with Crippen LogP contribution in [0.25, 0.3) is 0 Å². The molecule has 40 valence electrons. The molecule has 1 rings (SSSR count). The van der Waals surface area contributed by atoms with E-state index in [0.717, 1.165) is 23.9 Å². The Bertz CT molecular complexity index is 89.7. The summed E-state index contributed by atoms with van der Waals surface area (Å²) in [6.45, 7) is 0.913. The van der Waals surface area contributed by atoms with E-state index in [-0.39, 0.29) is 0 Å². The summed E-state index contributed by atoms with van der Waals surface area (Å²) in [5, 5.41) is 0. The van der Waals surface area contributed by atoms with Crippen LogP contribution in [0, 0.1) is 0 Å². The van der Waals surface area contributed by atoms with Crippen molar-refractivity contribution in [1.82, 2.24) is 0 Å². The summed E-state index contributed by atoms with van der Waals surface area (Å²) in [5.41, 5.74) is 5.36. The van der Waals surface area contributed by atoms with Gasteiger partial charge in [0, 0.05) is 5.75 Å². The van der Waals surface area contributed by atoms with E-state index in [1.165, 1.54) is 0 Å². The summed E-state index contributed by atoms with van der Waals surface area (Å²) >= 11 is 1.85. The summed E-state index contributed by atoms with van der Waals surface area (Å²) in [6, 6.07) is 0. The molecule has 0 radical (unpaired) electrons. The molecule has 0 spiro atoms. The molecule has 3 heteroatoms. The lowest BCUT2D eigenvalue weighted by Crippen LogP contribution is -2.19. The minimum absolute atomic E-state index is 0.802. The maximum Gasteiger partial charge on any atom is 0.104 e. The molecule has 0 saturated carbocycles. The zero-order chi connectivity index (χ0) is 5.11. The van der Waals surface area contributed by atoms with Gasteiger partial charge in [0.15, 0.2) is 0 Å². The molecule has 1 aliphatic rings. The monoisotopic (exact) mass is 116 g/mol. The maximum absolute atomic E-state index is 5.36. The van der Waals surface area contributed by atoms with Crippen LogP contribution >= 0.6 is 11.8 Å². The van der Waals surface area contributed by atoms with Gasteiger partial charge in [0.05, 0.1) is 12.3 Å². The first-order valence-corrected chi connectivity index (χ1v) is 3.41. The summed E-state index contributed by atoms with van der Waals surface area (Å²) in [4.78, 5) is 4.00. The number of aliphatic imine (C=N–C) groups is 1. The molecule has 0 atom stereocenters. The van der Waals surface area contributed by atoms with Crippen LogP contribution < -0.4 is 5.73 Å². The first-order valence-electron chi connectivity index (χ1n) is 2.26. The Morgan fingerprint density at radius 1 is 1.71 bits per heavy atom. The highest BCUT2D eigenvalue weighted by Gasteiger charge is 1.97. The zero-order valence-electron chi connectivity index (χ0n) is 4.05. The van der Waals surface area contributed by atoms with Crippen LogP contribution in [-0.4, -0.2) is 23.9 Å². The lowest BCUT2D eigenvalue weighted by Gasteiger charge is -2.04. The van der Waals surface area contributed by atoms with E-state index < -0.39 is 0 Å². The fourth-order valence-electron chi connectivity index (χ4n) is 0.476. The Balaban J connectivity index is 2.40. The predicted octanol–water partition coefficient (Wildman–Crippen LogP) is 0.0904. The summed E-state index contributed by atoms with van der Waals surface area (Å²) in [6.07, 6.45) is 0. The predicted molar refractivity (Wildman–Crippen MR) is 33.8 cm³/mol. The second-order valence-corrected chi connectivity index (χ2v) is 2.53. The molecule has 0 saturated heterocycles. The molecule has 1 aliphatic heterocycles. The topological polar surface area (TPSA) is 38.4 Å². The van der Waals surface area contributed by atoms with Gasteiger partial charge in [0.25, 0.3) is 0 Å². The molecule has 0 aromatic heterocycles. The number of nitrogens with two attached hydrogens (primary N) is 1. The van der Waals surface area contributed by atoms with E-state index in [4.69, 9.17) is 5.73 Å². The highest BCUT2D eigenvalue weighted by Crippen LogP contribution is 2.02. The second kappa shape index (κ2) is 2.21. The Kier molecular flexibility index (Phi) is 1.57. The van der Waals surface area contributed by atoms with E-state index >= 15 is 0 Å². The molecule has 0 amide bonds. The van der Waals surface area contributed by atoms with Crippen LogP contribution in [0.1, 0.15) is 0 Å². The summed E-state index contributed by atoms with van der Waals surface area (Å²) < 4.78 is 0. The number of thioether (sulfide) groups is 1. The molecule has 7 heavy (non-hydrogen) atoms. The third-order valence-corrected chi connectivity index (χ3v) is 1.77. The zero-order valence-corrected chi connectivity index (χ0v) is 4.87. The van der Waals surface area contributed by atoms with E-state index in [9.17, 15) is 0 Å². The summed E-state index contributed by atoms with van der Waals surface area (Å²) in [7, 11) is 0. The SMILES string of the molecule is NC1=NCCSC1. The molecule has 0 fully saturated rings. The van der Waals surface area contributed by atoms with Crippen molar-refractivity contribution in [3.05, 3.63) is 0 Å². The molecule has 0 bridgehead atoms. The first-order chi connectivity index (χ1) is 3.39. The Hall–Kier alpha value is -0.180. The van der Waals surface area contributed by atoms with Gasteiger partial charge >= 0.3 is 0 Å². The fourth-order valence-corrected chi connectivity index (χ4v) is 1.14. The van der Waals surface area contributed by atoms with Crippen molar-refractivity contribution in [2.45, 2.75) is 0 Å². The summed E-state index contributed by atoms with van der Waals surface area (Å²) in [5.74, 6) is 2.87. The van der Waals surface area contributed by atoms with Crippen molar-refractivity contribution in [2.24, 2.45) is 10.7 Å². The molecule has 1 heterocycles. The third kappa shape index (κ3) is 1.39. The van der Waals surface area contributed by atoms with Crippen molar-refractivity contribution >= 4 is 17.6 Å². The minimum Gasteiger partial charge on any atom is -0.387 e. The molecular weight excluding hydrogens is 108 g/mol. The van der Waals surface area contributed by atoms with E-state index in [1.807, 2.05) is 11.8 Å². The molecule has 2 N–H and O–H groups in total. The van der Waals surface area contributed by atoms with Crippen LogP contribution in [0.2, 0.25) is 0 Å². The van der Waals surface area contributed by atoms with Crippen molar-refractivity contribution in [1.29, 1.82) is 0 Å². The molecule has 2 nitrogen and oxygen atoms in total. The number of hydrogen-bond donors (Lipinski definition) is 1. The van der Waals surface area contributed by atoms with Gasteiger partial charge in [0.2, 0.25) is 0 Å². The second-order valence-electron chi connectivity index (χ2n) is 1.43. The van der Waals surface area contributed by atoms with Gasteiger partial charge in [-0.2, -0.15) is 11.8 Å². The lowest BCUT2D eigenvalue weighted by molar-refractivity contribution is 1.12. The highest BCUT2D eigenvalue weighted by molar-refractivity contribution is 8.00. The maximum atomic E-state index is 5.36. The van der Waals surface area contributed by atoms with Crippen LogP contribution in [0.4, 0.5) is 0 Å². The standard InChI is InChI=1S/C4H8N2S/c5-4-3-7-2-1-6-4/h1-3H2,(H2,5,6). The van der Waals surface area contributed by atoms with Gasteiger partial charge in [-0.3, -0.25) is 4.99 Å². The van der Waals surface area contributed by atoms with Crippen molar-refractivity contribution in [2.75, 3.05) is 18.1 Å². The van der Waals surface area contributed by atoms with Crippen molar-refractivity contribution in [3.8, 4) is 0 Å². The fraction of sp³-hybridized carbons (Fsp3) is 0.750. The number of rotatable bonds is 0. The highest BCUT2D eigenvalue weighted by atomic mass is 32.2. The number of nitrogens with zero attached hydrogens (tertiary/aromatic N) is 1. The molecule has 0 aromatic rings. The Morgan fingerprint density at radius 3 is 2.86 bits per heavy atom. The quantitative estimate of drug-likeness (QED) is 0.487. The molecule has 0 unspecified atom stereocenters. The van der Waals surface area contributed by atoms with Gasteiger partial charge in [-0.1, -0.05) is 0 Å². The van der Waals surface area contributed by atoms with E-state index in [1.54, 1.807) is 0 Å². The van der Waals surface area contributed by atoms with Gasteiger partial charge < -0.3 is 5.73 Å². The van der Waals surface area contributed by atoms with Crippen LogP contribution in [0.3, 0.4) is 0 Å². The normalized spacial score (nSPS) is 21.4. The minimum atomic E-state index is 0.802. The van der Waals surface area contributed by atoms with Crippen molar-refractivity contribution < 1.29 is 0 Å². The van der Waals surface area contributed by atoms with Crippen molar-refractivity contribution in [3.63, 3.8) is 0 Å². The Morgan fingerprint density at radius 2 is 2.57 bits per heavy atom. The third-order valence-electron chi connectivity index (χ3n) is 0.800. The van der Waals surface area contributed by atoms with Crippen LogP contribution in [0.5, 0.6) is 0 Å². The number of hydrogen-bond acceptors (Lipinski definition) is 3. The molecule has 0 aliphatic carbocycles. The van der Waals surface area contributed by atoms with Gasteiger partial charge in [-0.15, -0.1) is 0 Å². The average molecular weight is 116 g/mol. The van der Waals surface area contributed by atoms with Gasteiger partial charge in [-0.05, 0) is 0 Å².